The Hall–Kier alpha value is -11.0. The molecule has 8 amide bonds. The fraction of sp³-hybridized carbons (Fsp3) is 0.0423. The molecule has 0 saturated carbocycles. The number of rotatable bonds is 15. The van der Waals surface area contributed by atoms with Gasteiger partial charge in [0.1, 0.15) is 23.0 Å². The Balaban J connectivity index is 0.649. The number of amides is 8. The Kier molecular flexibility index (Phi) is 16.6. The van der Waals surface area contributed by atoms with Crippen LogP contribution in [0.3, 0.4) is 0 Å². The molecular formula is C71H34Br4F6N6O14. The lowest BCUT2D eigenvalue weighted by Crippen LogP contribution is -2.54. The van der Waals surface area contributed by atoms with E-state index in [1.165, 1.54) is 127 Å². The van der Waals surface area contributed by atoms with Gasteiger partial charge in [0.2, 0.25) is 5.41 Å². The molecule has 0 aromatic heterocycles. The third-order valence-electron chi connectivity index (χ3n) is 17.1. The summed E-state index contributed by atoms with van der Waals surface area (Å²) in [5, 5.41) is 11.5. The molecule has 14 rings (SSSR count). The van der Waals surface area contributed by atoms with Crippen LogP contribution in [0.1, 0.15) is 94.0 Å². The molecule has 0 radical (unpaired) electrons. The number of benzene rings is 10. The van der Waals surface area contributed by atoms with E-state index in [9.17, 15) is 48.5 Å². The van der Waals surface area contributed by atoms with Crippen LogP contribution in [0.4, 0.5) is 54.8 Å². The number of nitrogens with zero attached hydrogens (tertiary/aromatic N) is 5. The van der Waals surface area contributed by atoms with Crippen molar-refractivity contribution in [3.8, 4) is 51.0 Å². The maximum atomic E-state index is 15.4. The van der Waals surface area contributed by atoms with E-state index in [0.717, 1.165) is 56.0 Å². The molecule has 502 valence electrons. The summed E-state index contributed by atoms with van der Waals surface area (Å²) in [6.45, 7) is 0. The first-order chi connectivity index (χ1) is 48.1. The maximum Gasteiger partial charge on any atom is 0.411 e. The summed E-state index contributed by atoms with van der Waals surface area (Å²) < 4.78 is 105. The Morgan fingerprint density at radius 2 is 0.693 bits per heavy atom. The lowest BCUT2D eigenvalue weighted by atomic mass is 9.73. The van der Waals surface area contributed by atoms with Gasteiger partial charge in [-0.2, -0.15) is 32.2 Å². The van der Waals surface area contributed by atoms with E-state index >= 15 is 26.3 Å². The van der Waals surface area contributed by atoms with Crippen LogP contribution in [0.15, 0.2) is 212 Å². The monoisotopic (exact) mass is 1620 g/mol. The highest BCUT2D eigenvalue weighted by atomic mass is 79.9. The van der Waals surface area contributed by atoms with E-state index in [1.54, 1.807) is 6.07 Å². The summed E-state index contributed by atoms with van der Waals surface area (Å²) in [6, 6.07) is 39.5. The quantitative estimate of drug-likeness (QED) is 0.0329. The molecule has 4 aliphatic rings. The molecule has 30 heteroatoms. The van der Waals surface area contributed by atoms with E-state index in [1.807, 2.05) is 0 Å². The average molecular weight is 1630 g/mol. The first-order valence-corrected chi connectivity index (χ1v) is 32.4. The fourth-order valence-corrected chi connectivity index (χ4v) is 15.6. The number of non-ortho nitro benzene ring substituents is 1. The van der Waals surface area contributed by atoms with Crippen LogP contribution in [-0.4, -0.2) is 64.5 Å². The van der Waals surface area contributed by atoms with Crippen molar-refractivity contribution < 1.29 is 89.0 Å². The molecule has 0 aliphatic carbocycles. The summed E-state index contributed by atoms with van der Waals surface area (Å²) in [5.41, 5.74) is -6.03. The zero-order chi connectivity index (χ0) is 71.6. The van der Waals surface area contributed by atoms with Crippen LogP contribution >= 0.6 is 63.7 Å². The van der Waals surface area contributed by atoms with Gasteiger partial charge < -0.3 is 14.4 Å². The van der Waals surface area contributed by atoms with Crippen LogP contribution in [0, 0.1) is 10.1 Å². The van der Waals surface area contributed by atoms with Gasteiger partial charge in [-0.15, -0.1) is 0 Å². The molecule has 2 N–H and O–H groups in total. The Bertz CT molecular complexity index is 5290. The predicted molar refractivity (Wildman–Crippen MR) is 363 cm³/mol. The number of ether oxygens (including phenoxy) is 2. The van der Waals surface area contributed by atoms with E-state index in [2.05, 4.69) is 68.7 Å². The van der Waals surface area contributed by atoms with Crippen molar-refractivity contribution in [1.82, 2.24) is 0 Å². The molecule has 0 spiro atoms. The van der Waals surface area contributed by atoms with Gasteiger partial charge in [0.05, 0.1) is 72.2 Å². The number of nitro benzene ring substituents is 1. The first-order valence-electron chi connectivity index (χ1n) is 29.3. The highest BCUT2D eigenvalue weighted by molar-refractivity contribution is 9.11. The van der Waals surface area contributed by atoms with Gasteiger partial charge in [-0.05, 0) is 206 Å². The van der Waals surface area contributed by atoms with Gasteiger partial charge in [0.15, 0.2) is 5.75 Å². The SMILES string of the molecule is NOOc1cc(Br)c(N2C(=O)c3ccc(-c4cccc5c4C(=O)N(c4ccc(Oc6ccc(C(c7ccc(Oc8ccc(N9C(=O)c%10cccc(-c%11ccc%12c(c%11)C(=O)N(c%11c(Br)cc([N+](=O)[O-])cc%11Br)C%12=O)c%10C9=O)cc8)cc7)(C(F)(F)F)C(F)(F)F)cc6)cc4)C5=O)cc3C2=O)c(Br)c1. The van der Waals surface area contributed by atoms with Gasteiger partial charge in [-0.1, -0.05) is 65.7 Å². The number of anilines is 4. The Morgan fingerprint density at radius 1 is 0.366 bits per heavy atom. The molecule has 0 fully saturated rings. The largest absolute Gasteiger partial charge is 0.457 e. The van der Waals surface area contributed by atoms with Crippen LogP contribution in [0.5, 0.6) is 28.7 Å². The molecule has 0 atom stereocenters. The smallest absolute Gasteiger partial charge is 0.411 e. The molecule has 0 saturated heterocycles. The predicted octanol–water partition coefficient (Wildman–Crippen LogP) is 17.4. The summed E-state index contributed by atoms with van der Waals surface area (Å²) in [6.07, 6.45) is -12.0. The molecule has 0 unspecified atom stereocenters. The molecule has 20 nitrogen and oxygen atoms in total. The van der Waals surface area contributed by atoms with E-state index in [0.29, 0.717) is 29.8 Å². The number of hydrogen-bond acceptors (Lipinski definition) is 15. The minimum Gasteiger partial charge on any atom is -0.457 e. The average Bonchev–Trinajstić information content (AvgIpc) is 1.68. The minimum absolute atomic E-state index is 0.000459. The number of carbonyl (C=O) groups is 8. The summed E-state index contributed by atoms with van der Waals surface area (Å²) in [5.74, 6) is -1.05. The number of fused-ring (bicyclic) bond motifs is 4. The lowest BCUT2D eigenvalue weighted by Gasteiger charge is -2.38. The van der Waals surface area contributed by atoms with Crippen LogP contribution in [-0.2, 0) is 10.4 Å². The summed E-state index contributed by atoms with van der Waals surface area (Å²) in [4.78, 5) is 135. The highest BCUT2D eigenvalue weighted by Crippen LogP contribution is 2.57. The Morgan fingerprint density at radius 3 is 1.04 bits per heavy atom. The second-order valence-electron chi connectivity index (χ2n) is 22.7. The van der Waals surface area contributed by atoms with Gasteiger partial charge >= 0.3 is 12.4 Å². The molecule has 10 aromatic rings. The van der Waals surface area contributed by atoms with Crippen molar-refractivity contribution in [3.05, 3.63) is 278 Å². The van der Waals surface area contributed by atoms with Crippen LogP contribution in [0.2, 0.25) is 0 Å². The van der Waals surface area contributed by atoms with E-state index in [4.69, 9.17) is 20.3 Å². The normalized spacial score (nSPS) is 14.3. The molecule has 101 heavy (non-hydrogen) atoms. The van der Waals surface area contributed by atoms with Crippen molar-refractivity contribution in [3.63, 3.8) is 0 Å². The van der Waals surface area contributed by atoms with Crippen molar-refractivity contribution >= 4 is 139 Å². The number of alkyl halides is 6. The zero-order valence-electron chi connectivity index (χ0n) is 50.3. The number of carbonyl (C=O) groups excluding carboxylic acids is 8. The van der Waals surface area contributed by atoms with Gasteiger partial charge in [-0.25, -0.2) is 19.6 Å². The van der Waals surface area contributed by atoms with E-state index < -0.39 is 81.1 Å². The van der Waals surface area contributed by atoms with Gasteiger partial charge in [-0.3, -0.25) is 48.5 Å². The van der Waals surface area contributed by atoms with Crippen molar-refractivity contribution in [2.45, 2.75) is 17.8 Å². The number of hydrogen-bond donors (Lipinski definition) is 1. The lowest BCUT2D eigenvalue weighted by molar-refractivity contribution is -0.385. The van der Waals surface area contributed by atoms with Crippen molar-refractivity contribution in [2.24, 2.45) is 5.90 Å². The maximum absolute atomic E-state index is 15.4. The summed E-state index contributed by atoms with van der Waals surface area (Å²) in [7, 11) is 0. The summed E-state index contributed by atoms with van der Waals surface area (Å²) >= 11 is 13.2. The van der Waals surface area contributed by atoms with Crippen molar-refractivity contribution in [2.75, 3.05) is 19.6 Å². The third-order valence-corrected chi connectivity index (χ3v) is 19.5. The number of halogens is 10. The topological polar surface area (TPSA) is 256 Å². The van der Waals surface area contributed by atoms with Gasteiger partial charge in [0.25, 0.3) is 52.9 Å². The molecule has 4 aliphatic heterocycles. The fourth-order valence-electron chi connectivity index (χ4n) is 12.6. The number of nitro groups is 1. The number of nitrogens with two attached hydrogens (primary N) is 1. The van der Waals surface area contributed by atoms with Crippen LogP contribution < -0.4 is 39.9 Å². The second-order valence-corrected chi connectivity index (χ2v) is 26.1. The standard InChI is InChI=1S/C71H34Br4F6N6O14/c72-53-29-39(87(96)97)30-54(73)59(53)85-61(88)47-25-7-33(27-51(47)65(85)92)45-3-1-5-49-57(45)67(94)83(63(49)90)37-13-21-42(22-14-37)98-40-17-9-35(10-18-40)69(70(76,77)78,71(79,80)81)36-11-19-41(20-12-36)99-43-23-15-38(16-24-43)84-64(91)50-6-2-4-46(58(50)68(84)95)34-8-26-48-52(28-34)66(93)86(62(48)89)60-55(74)31-44(100-101-82)32-56(60)75/h1-32H,82H2. The zero-order valence-corrected chi connectivity index (χ0v) is 56.6. The second kappa shape index (κ2) is 25.0. The number of imide groups is 4. The molecule has 4 heterocycles. The first kappa shape index (κ1) is 67.2. The molecule has 0 bridgehead atoms. The highest BCUT2D eigenvalue weighted by Gasteiger charge is 2.72. The Labute approximate surface area is 596 Å². The molecular weight excluding hydrogens is 1590 g/mol. The van der Waals surface area contributed by atoms with Gasteiger partial charge in [0, 0.05) is 42.2 Å². The van der Waals surface area contributed by atoms with Crippen molar-refractivity contribution in [1.29, 1.82) is 0 Å². The third kappa shape index (κ3) is 10.9. The molecule has 10 aromatic carbocycles. The minimum atomic E-state index is -5.99. The van der Waals surface area contributed by atoms with E-state index in [-0.39, 0.29) is 136 Å². The van der Waals surface area contributed by atoms with Crippen LogP contribution in [0.25, 0.3) is 22.3 Å².